The molecule has 10 nitrogen and oxygen atoms in total. The molecule has 0 atom stereocenters. The van der Waals surface area contributed by atoms with Crippen LogP contribution in [0, 0.1) is 10.1 Å². The van der Waals surface area contributed by atoms with Crippen LogP contribution in [0.2, 0.25) is 0 Å². The molecule has 11 heteroatoms. The van der Waals surface area contributed by atoms with Gasteiger partial charge in [-0.05, 0) is 30.2 Å². The molecule has 0 unspecified atom stereocenters. The van der Waals surface area contributed by atoms with E-state index in [1.54, 1.807) is 12.4 Å². The SMILES string of the molecule is COc1cc([N+](=O)[O-])ccc1NC(=O)CSc1nnc(-c2ccncc2)n1CCc1ccccc1. The van der Waals surface area contributed by atoms with Crippen LogP contribution in [-0.4, -0.2) is 43.4 Å². The molecule has 2 aromatic carbocycles. The maximum Gasteiger partial charge on any atom is 0.273 e. The predicted octanol–water partition coefficient (Wildman–Crippen LogP) is 4.23. The fourth-order valence-corrected chi connectivity index (χ4v) is 4.17. The number of nitrogens with zero attached hydrogens (tertiary/aromatic N) is 5. The van der Waals surface area contributed by atoms with E-state index in [1.165, 1.54) is 42.6 Å². The van der Waals surface area contributed by atoms with E-state index in [0.717, 1.165) is 12.0 Å². The summed E-state index contributed by atoms with van der Waals surface area (Å²) in [6, 6.07) is 17.9. The highest BCUT2D eigenvalue weighted by atomic mass is 32.2. The molecule has 0 aliphatic rings. The number of nitro benzene ring substituents is 1. The molecule has 0 aliphatic heterocycles. The standard InChI is InChI=1S/C24H22N6O4S/c1-34-21-15-19(30(32)33)7-8-20(21)26-22(31)16-35-24-28-27-23(18-9-12-25-13-10-18)29(24)14-11-17-5-3-2-4-6-17/h2-10,12-13,15H,11,14,16H2,1H3,(H,26,31). The highest BCUT2D eigenvalue weighted by Gasteiger charge is 2.17. The molecule has 2 heterocycles. The summed E-state index contributed by atoms with van der Waals surface area (Å²) in [4.78, 5) is 27.2. The van der Waals surface area contributed by atoms with E-state index in [2.05, 4.69) is 32.6 Å². The lowest BCUT2D eigenvalue weighted by molar-refractivity contribution is -0.384. The van der Waals surface area contributed by atoms with Crippen molar-refractivity contribution >= 4 is 29.0 Å². The molecular formula is C24H22N6O4S. The van der Waals surface area contributed by atoms with Gasteiger partial charge in [0.25, 0.3) is 5.69 Å². The Bertz CT molecular complexity index is 1310. The molecule has 1 N–H and O–H groups in total. The van der Waals surface area contributed by atoms with Gasteiger partial charge in [0.2, 0.25) is 5.91 Å². The minimum atomic E-state index is -0.521. The van der Waals surface area contributed by atoms with E-state index in [-0.39, 0.29) is 23.1 Å². The lowest BCUT2D eigenvalue weighted by atomic mass is 10.1. The summed E-state index contributed by atoms with van der Waals surface area (Å²) in [6.07, 6.45) is 4.17. The number of aromatic nitrogens is 4. The Morgan fingerprint density at radius 1 is 1.11 bits per heavy atom. The number of methoxy groups -OCH3 is 1. The second-order valence-electron chi connectivity index (χ2n) is 7.41. The summed E-state index contributed by atoms with van der Waals surface area (Å²) in [6.45, 7) is 0.634. The Labute approximate surface area is 205 Å². The van der Waals surface area contributed by atoms with Crippen molar-refractivity contribution in [1.29, 1.82) is 0 Å². The summed E-state index contributed by atoms with van der Waals surface area (Å²) in [5.41, 5.74) is 2.30. The van der Waals surface area contributed by atoms with Crippen molar-refractivity contribution in [1.82, 2.24) is 19.7 Å². The minimum absolute atomic E-state index is 0.0694. The Balaban J connectivity index is 1.49. The number of pyridine rings is 1. The van der Waals surface area contributed by atoms with Crippen LogP contribution in [0.25, 0.3) is 11.4 Å². The maximum absolute atomic E-state index is 12.7. The van der Waals surface area contributed by atoms with Crippen LogP contribution in [-0.2, 0) is 17.8 Å². The molecule has 2 aromatic heterocycles. The van der Waals surface area contributed by atoms with Crippen LogP contribution in [0.5, 0.6) is 5.75 Å². The van der Waals surface area contributed by atoms with Gasteiger partial charge in [0.05, 0.1) is 29.5 Å². The third kappa shape index (κ3) is 6.01. The Kier molecular flexibility index (Phi) is 7.68. The van der Waals surface area contributed by atoms with Crippen molar-refractivity contribution in [2.45, 2.75) is 18.1 Å². The van der Waals surface area contributed by atoms with E-state index in [0.29, 0.717) is 23.2 Å². The maximum atomic E-state index is 12.7. The number of aryl methyl sites for hydroxylation is 1. The summed E-state index contributed by atoms with van der Waals surface area (Å²) in [5, 5.41) is 23.0. The number of nitro groups is 1. The van der Waals surface area contributed by atoms with Gasteiger partial charge >= 0.3 is 0 Å². The van der Waals surface area contributed by atoms with Crippen molar-refractivity contribution < 1.29 is 14.5 Å². The Morgan fingerprint density at radius 3 is 2.60 bits per heavy atom. The van der Waals surface area contributed by atoms with Crippen molar-refractivity contribution in [3.8, 4) is 17.1 Å². The molecule has 178 valence electrons. The van der Waals surface area contributed by atoms with E-state index in [9.17, 15) is 14.9 Å². The molecule has 4 aromatic rings. The largest absolute Gasteiger partial charge is 0.494 e. The molecular weight excluding hydrogens is 468 g/mol. The Morgan fingerprint density at radius 2 is 1.89 bits per heavy atom. The first kappa shape index (κ1) is 23.9. The quantitative estimate of drug-likeness (QED) is 0.199. The van der Waals surface area contributed by atoms with Crippen molar-refractivity contribution in [3.63, 3.8) is 0 Å². The molecule has 4 rings (SSSR count). The minimum Gasteiger partial charge on any atom is -0.494 e. The van der Waals surface area contributed by atoms with E-state index in [4.69, 9.17) is 4.74 Å². The van der Waals surface area contributed by atoms with E-state index in [1.807, 2.05) is 34.9 Å². The zero-order chi connectivity index (χ0) is 24.6. The molecule has 0 spiro atoms. The molecule has 0 bridgehead atoms. The first-order valence-electron chi connectivity index (χ1n) is 10.7. The zero-order valence-corrected chi connectivity index (χ0v) is 19.6. The first-order valence-corrected chi connectivity index (χ1v) is 11.7. The molecule has 0 aliphatic carbocycles. The first-order chi connectivity index (χ1) is 17.0. The number of anilines is 1. The van der Waals surface area contributed by atoms with Gasteiger partial charge in [0.15, 0.2) is 11.0 Å². The number of carbonyl (C=O) groups is 1. The summed E-state index contributed by atoms with van der Waals surface area (Å²) < 4.78 is 7.18. The molecule has 0 radical (unpaired) electrons. The highest BCUT2D eigenvalue weighted by Crippen LogP contribution is 2.30. The lowest BCUT2D eigenvalue weighted by Crippen LogP contribution is -2.15. The van der Waals surface area contributed by atoms with Gasteiger partial charge in [-0.3, -0.25) is 19.9 Å². The topological polar surface area (TPSA) is 125 Å². The number of rotatable bonds is 10. The van der Waals surface area contributed by atoms with Crippen molar-refractivity contribution in [2.24, 2.45) is 0 Å². The monoisotopic (exact) mass is 490 g/mol. The molecule has 0 saturated heterocycles. The van der Waals surface area contributed by atoms with E-state index < -0.39 is 4.92 Å². The van der Waals surface area contributed by atoms with Crippen LogP contribution in [0.4, 0.5) is 11.4 Å². The second-order valence-corrected chi connectivity index (χ2v) is 8.35. The van der Waals surface area contributed by atoms with Gasteiger partial charge < -0.3 is 14.6 Å². The second kappa shape index (κ2) is 11.3. The average molecular weight is 491 g/mol. The smallest absolute Gasteiger partial charge is 0.273 e. The Hall–Kier alpha value is -4.25. The van der Waals surface area contributed by atoms with Gasteiger partial charge in [-0.25, -0.2) is 0 Å². The van der Waals surface area contributed by atoms with E-state index >= 15 is 0 Å². The summed E-state index contributed by atoms with van der Waals surface area (Å²) in [7, 11) is 1.39. The number of hydrogen-bond donors (Lipinski definition) is 1. The van der Waals surface area contributed by atoms with Crippen LogP contribution in [0.3, 0.4) is 0 Å². The van der Waals surface area contributed by atoms with Crippen LogP contribution < -0.4 is 10.1 Å². The van der Waals surface area contributed by atoms with Crippen LogP contribution in [0.1, 0.15) is 5.56 Å². The summed E-state index contributed by atoms with van der Waals surface area (Å²) >= 11 is 1.26. The zero-order valence-electron chi connectivity index (χ0n) is 18.8. The fourth-order valence-electron chi connectivity index (χ4n) is 3.41. The van der Waals surface area contributed by atoms with Gasteiger partial charge in [-0.1, -0.05) is 42.1 Å². The molecule has 1 amide bonds. The van der Waals surface area contributed by atoms with Gasteiger partial charge in [0, 0.05) is 30.6 Å². The lowest BCUT2D eigenvalue weighted by Gasteiger charge is -2.11. The number of nitrogens with one attached hydrogen (secondary N) is 1. The number of benzene rings is 2. The van der Waals surface area contributed by atoms with Crippen LogP contribution in [0.15, 0.2) is 78.2 Å². The molecule has 0 fully saturated rings. The molecule has 0 saturated carbocycles. The number of hydrogen-bond acceptors (Lipinski definition) is 8. The number of amides is 1. The summed E-state index contributed by atoms with van der Waals surface area (Å²) in [5.74, 6) is 0.678. The number of thioether (sulfide) groups is 1. The van der Waals surface area contributed by atoms with Gasteiger partial charge in [0.1, 0.15) is 5.75 Å². The number of carbonyl (C=O) groups excluding carboxylic acids is 1. The number of ether oxygens (including phenoxy) is 1. The third-order valence-corrected chi connectivity index (χ3v) is 6.09. The molecule has 35 heavy (non-hydrogen) atoms. The van der Waals surface area contributed by atoms with Crippen LogP contribution >= 0.6 is 11.8 Å². The highest BCUT2D eigenvalue weighted by molar-refractivity contribution is 7.99. The normalized spacial score (nSPS) is 10.7. The predicted molar refractivity (Wildman–Crippen MR) is 132 cm³/mol. The van der Waals surface area contributed by atoms with Crippen molar-refractivity contribution in [3.05, 3.63) is 88.7 Å². The van der Waals surface area contributed by atoms with Gasteiger partial charge in [-0.2, -0.15) is 0 Å². The van der Waals surface area contributed by atoms with Gasteiger partial charge in [-0.15, -0.1) is 10.2 Å². The van der Waals surface area contributed by atoms with Crippen molar-refractivity contribution in [2.75, 3.05) is 18.2 Å². The third-order valence-electron chi connectivity index (χ3n) is 5.12. The average Bonchev–Trinajstić information content (AvgIpc) is 3.30. The fraction of sp³-hybridized carbons (Fsp3) is 0.167. The number of non-ortho nitro benzene ring substituents is 1.